The zero-order valence-corrected chi connectivity index (χ0v) is 25.0. The normalized spacial score (nSPS) is 19.3. The molecule has 3 aromatic rings. The van der Waals surface area contributed by atoms with Gasteiger partial charge in [-0.05, 0) is 63.0 Å². The Labute approximate surface area is 258 Å². The first-order valence-electron chi connectivity index (χ1n) is 14.3. The van der Waals surface area contributed by atoms with E-state index in [0.717, 1.165) is 13.0 Å². The summed E-state index contributed by atoms with van der Waals surface area (Å²) in [5, 5.41) is 14.6. The van der Waals surface area contributed by atoms with Gasteiger partial charge >= 0.3 is 0 Å². The number of allylic oxidation sites excluding steroid dienone is 4. The predicted molar refractivity (Wildman–Crippen MR) is 168 cm³/mol. The molecule has 2 aliphatic heterocycles. The number of aliphatic imine (C=N–C) groups is 1. The minimum absolute atomic E-state index is 0.0666. The number of rotatable bonds is 5. The molecule has 1 saturated heterocycles. The Balaban J connectivity index is 1.20. The lowest BCUT2D eigenvalue weighted by Crippen LogP contribution is -2.43. The lowest BCUT2D eigenvalue weighted by atomic mass is 9.90. The Kier molecular flexibility index (Phi) is 8.24. The molecule has 2 aromatic carbocycles. The Morgan fingerprint density at radius 3 is 2.68 bits per heavy atom. The Morgan fingerprint density at radius 2 is 1.95 bits per heavy atom. The number of likely N-dealkylation sites (tertiary alicyclic amines) is 1. The fourth-order valence-electron chi connectivity index (χ4n) is 5.58. The van der Waals surface area contributed by atoms with Crippen molar-refractivity contribution in [2.45, 2.75) is 31.6 Å². The van der Waals surface area contributed by atoms with E-state index in [4.69, 9.17) is 22.0 Å². The summed E-state index contributed by atoms with van der Waals surface area (Å²) in [6.45, 7) is 1.55. The third-order valence-electron chi connectivity index (χ3n) is 8.04. The van der Waals surface area contributed by atoms with Crippen LogP contribution < -0.4 is 10.6 Å². The zero-order valence-electron chi connectivity index (χ0n) is 24.2. The number of nitrogens with zero attached hydrogens (tertiary/aromatic N) is 5. The molecule has 1 aliphatic carbocycles. The van der Waals surface area contributed by atoms with Crippen molar-refractivity contribution >= 4 is 40.8 Å². The summed E-state index contributed by atoms with van der Waals surface area (Å²) >= 11 is 6.32. The largest absolute Gasteiger partial charge is 0.341 e. The van der Waals surface area contributed by atoms with Gasteiger partial charge in [-0.3, -0.25) is 20.5 Å². The summed E-state index contributed by atoms with van der Waals surface area (Å²) in [6.07, 6.45) is 3.86. The van der Waals surface area contributed by atoms with E-state index in [1.54, 1.807) is 48.7 Å². The van der Waals surface area contributed by atoms with E-state index in [0.29, 0.717) is 57.2 Å². The van der Waals surface area contributed by atoms with Crippen molar-refractivity contribution in [3.8, 4) is 11.3 Å². The van der Waals surface area contributed by atoms with E-state index < -0.39 is 12.0 Å². The fraction of sp³-hybridized carbons (Fsp3) is 0.281. The third-order valence-corrected chi connectivity index (χ3v) is 8.28. The Bertz CT molecular complexity index is 1720. The maximum atomic E-state index is 15.0. The van der Waals surface area contributed by atoms with Crippen LogP contribution >= 0.6 is 11.6 Å². The summed E-state index contributed by atoms with van der Waals surface area (Å²) in [5.41, 5.74) is 3.58. The summed E-state index contributed by atoms with van der Waals surface area (Å²) in [4.78, 5) is 30.6. The number of guanidine groups is 1. The minimum atomic E-state index is -1.53. The van der Waals surface area contributed by atoms with Crippen molar-refractivity contribution in [2.75, 3.05) is 32.5 Å². The summed E-state index contributed by atoms with van der Waals surface area (Å²) in [7, 11) is 4.03. The predicted octanol–water partition coefficient (Wildman–Crippen LogP) is 5.67. The second-order valence-electron chi connectivity index (χ2n) is 11.1. The van der Waals surface area contributed by atoms with Gasteiger partial charge in [0.2, 0.25) is 5.95 Å². The number of halogens is 3. The van der Waals surface area contributed by atoms with Crippen LogP contribution in [0, 0.1) is 5.41 Å². The number of nitrogens with one attached hydrogen (secondary N) is 3. The van der Waals surface area contributed by atoms with E-state index in [2.05, 4.69) is 25.5 Å². The van der Waals surface area contributed by atoms with Crippen LogP contribution in [0.15, 0.2) is 77.2 Å². The average Bonchev–Trinajstić information content (AvgIpc) is 3.45. The number of hydrogen-bond acceptors (Lipinski definition) is 7. The number of alkyl halides is 1. The molecule has 2 unspecified atom stereocenters. The molecule has 3 N–H and O–H groups in total. The van der Waals surface area contributed by atoms with E-state index in [-0.39, 0.29) is 36.1 Å². The van der Waals surface area contributed by atoms with Crippen molar-refractivity contribution in [2.24, 2.45) is 4.99 Å². The number of benzene rings is 2. The van der Waals surface area contributed by atoms with Crippen LogP contribution in [0.5, 0.6) is 0 Å². The molecule has 44 heavy (non-hydrogen) atoms. The third kappa shape index (κ3) is 5.97. The number of fused-ring (bicyclic) bond motifs is 3. The van der Waals surface area contributed by atoms with Gasteiger partial charge in [-0.2, -0.15) is 0 Å². The highest BCUT2D eigenvalue weighted by Gasteiger charge is 2.30. The molecule has 1 amide bonds. The summed E-state index contributed by atoms with van der Waals surface area (Å²) in [6, 6.07) is 12.3. The molecule has 0 bridgehead atoms. The average molecular weight is 617 g/mol. The number of aromatic nitrogens is 2. The van der Waals surface area contributed by atoms with Crippen LogP contribution in [-0.2, 0) is 6.54 Å². The van der Waals surface area contributed by atoms with Gasteiger partial charge in [0.05, 0.1) is 18.0 Å². The molecule has 3 heterocycles. The maximum Gasteiger partial charge on any atom is 0.257 e. The SMILES string of the molecule is CN(C)C1CCN(C(=N)NC(=O)c2ccc(Nc3ncc4c(n3)-c3ccc(Cl)cc3C(C3=C(F)C=CCC3F)=NC4)cc2)C1. The van der Waals surface area contributed by atoms with Crippen LogP contribution in [0.1, 0.15) is 34.3 Å². The Morgan fingerprint density at radius 1 is 1.16 bits per heavy atom. The first-order chi connectivity index (χ1) is 21.2. The van der Waals surface area contributed by atoms with E-state index in [1.165, 1.54) is 12.2 Å². The second kappa shape index (κ2) is 12.3. The van der Waals surface area contributed by atoms with Crippen LogP contribution in [0.25, 0.3) is 11.3 Å². The molecule has 3 aliphatic rings. The minimum Gasteiger partial charge on any atom is -0.341 e. The highest BCUT2D eigenvalue weighted by Crippen LogP contribution is 2.37. The lowest BCUT2D eigenvalue weighted by molar-refractivity contribution is 0.0972. The van der Waals surface area contributed by atoms with Gasteiger partial charge in [0, 0.05) is 70.3 Å². The standard InChI is InChI=1S/C32H31ClF2N8O/c1-42(2)22-12-13-43(17-22)31(36)41-30(44)18-6-9-21(10-7-18)39-32-38-16-19-15-37-29(27-25(34)4-3-5-26(27)35)24-14-20(33)8-11-23(24)28(19)40-32/h3-4,6-11,14,16,22,26H,5,12-13,15,17H2,1-2H3,(H2,36,41,44)(H,38,39,40). The molecule has 9 nitrogen and oxygen atoms in total. The number of hydrogen-bond donors (Lipinski definition) is 3. The molecule has 0 radical (unpaired) electrons. The fourth-order valence-corrected chi connectivity index (χ4v) is 5.76. The van der Waals surface area contributed by atoms with Crippen LogP contribution in [0.4, 0.5) is 20.4 Å². The van der Waals surface area contributed by atoms with Crippen molar-refractivity contribution < 1.29 is 13.6 Å². The molecular formula is C32H31ClF2N8O. The number of amides is 1. The van der Waals surface area contributed by atoms with Crippen molar-refractivity contribution in [3.63, 3.8) is 0 Å². The van der Waals surface area contributed by atoms with Gasteiger partial charge in [-0.25, -0.2) is 18.7 Å². The van der Waals surface area contributed by atoms with Gasteiger partial charge in [0.1, 0.15) is 12.0 Å². The molecule has 226 valence electrons. The number of carbonyl (C=O) groups excluding carboxylic acids is 1. The van der Waals surface area contributed by atoms with Crippen LogP contribution in [0.2, 0.25) is 5.02 Å². The van der Waals surface area contributed by atoms with Gasteiger partial charge in [-0.1, -0.05) is 23.7 Å². The number of anilines is 2. The molecule has 1 fully saturated rings. The molecule has 12 heteroatoms. The summed E-state index contributed by atoms with van der Waals surface area (Å²) < 4.78 is 29.8. The van der Waals surface area contributed by atoms with E-state index >= 15 is 0 Å². The molecule has 1 aromatic heterocycles. The van der Waals surface area contributed by atoms with Gasteiger partial charge in [0.15, 0.2) is 5.96 Å². The summed E-state index contributed by atoms with van der Waals surface area (Å²) in [5.74, 6) is -0.630. The van der Waals surface area contributed by atoms with Gasteiger partial charge < -0.3 is 15.1 Å². The van der Waals surface area contributed by atoms with Crippen molar-refractivity contribution in [3.05, 3.63) is 93.9 Å². The zero-order chi connectivity index (χ0) is 31.0. The Hall–Kier alpha value is -4.48. The highest BCUT2D eigenvalue weighted by molar-refractivity contribution is 6.31. The quantitative estimate of drug-likeness (QED) is 0.252. The first kappa shape index (κ1) is 29.6. The topological polar surface area (TPSA) is 110 Å². The molecule has 2 atom stereocenters. The highest BCUT2D eigenvalue weighted by atomic mass is 35.5. The number of carbonyl (C=O) groups is 1. The molecule has 0 saturated carbocycles. The van der Waals surface area contributed by atoms with Crippen LogP contribution in [-0.4, -0.2) is 76.7 Å². The van der Waals surface area contributed by atoms with Gasteiger partial charge in [-0.15, -0.1) is 0 Å². The lowest BCUT2D eigenvalue weighted by Gasteiger charge is -2.22. The number of likely N-dealkylation sites (N-methyl/N-ethyl adjacent to an activating group) is 1. The second-order valence-corrected chi connectivity index (χ2v) is 11.6. The molecule has 6 rings (SSSR count). The smallest absolute Gasteiger partial charge is 0.257 e. The monoisotopic (exact) mass is 616 g/mol. The van der Waals surface area contributed by atoms with Gasteiger partial charge in [0.25, 0.3) is 5.91 Å². The van der Waals surface area contributed by atoms with Crippen LogP contribution in [0.3, 0.4) is 0 Å². The van der Waals surface area contributed by atoms with Crippen molar-refractivity contribution in [1.29, 1.82) is 5.41 Å². The molecule has 0 spiro atoms. The van der Waals surface area contributed by atoms with E-state index in [1.807, 2.05) is 19.0 Å². The first-order valence-corrected chi connectivity index (χ1v) is 14.7. The van der Waals surface area contributed by atoms with Crippen molar-refractivity contribution in [1.82, 2.24) is 25.1 Å². The molecular weight excluding hydrogens is 586 g/mol. The maximum absolute atomic E-state index is 15.0. The van der Waals surface area contributed by atoms with E-state index in [9.17, 15) is 13.6 Å².